The van der Waals surface area contributed by atoms with Crippen LogP contribution in [0.1, 0.15) is 48.9 Å². The lowest BCUT2D eigenvalue weighted by molar-refractivity contribution is -0.139. The predicted molar refractivity (Wildman–Crippen MR) is 126 cm³/mol. The molecule has 2 rings (SSSR count). The van der Waals surface area contributed by atoms with E-state index < -0.39 is 6.04 Å². The average molecular weight is 427 g/mol. The van der Waals surface area contributed by atoms with E-state index in [4.69, 9.17) is 0 Å². The molecule has 2 amide bonds. The minimum absolute atomic E-state index is 0.00709. The van der Waals surface area contributed by atoms with Crippen LogP contribution in [0.15, 0.2) is 48.5 Å². The summed E-state index contributed by atoms with van der Waals surface area (Å²) in [5.41, 5.74) is 4.70. The van der Waals surface area contributed by atoms with Crippen LogP contribution in [0, 0.1) is 13.8 Å². The fourth-order valence-electron chi connectivity index (χ4n) is 3.28. The standard InChI is InChI=1S/C25H34N2O2S/c1-5-15-26-25(29)23(6-2)27(16-21-13-11-19(3)12-14-21)24(28)18-30-17-22-10-8-7-9-20(22)4/h7-14,23H,5-6,15-18H2,1-4H3,(H,26,29)/t23-/m1/s1. The maximum absolute atomic E-state index is 13.2. The van der Waals surface area contributed by atoms with Gasteiger partial charge in [0.1, 0.15) is 6.04 Å². The monoisotopic (exact) mass is 426 g/mol. The summed E-state index contributed by atoms with van der Waals surface area (Å²) in [7, 11) is 0. The molecule has 0 aliphatic rings. The molecule has 1 N–H and O–H groups in total. The molecular formula is C25H34N2O2S. The van der Waals surface area contributed by atoms with E-state index in [2.05, 4.69) is 24.4 Å². The molecule has 0 spiro atoms. The molecule has 4 nitrogen and oxygen atoms in total. The highest BCUT2D eigenvalue weighted by Crippen LogP contribution is 2.19. The zero-order valence-electron chi connectivity index (χ0n) is 18.6. The van der Waals surface area contributed by atoms with E-state index in [0.29, 0.717) is 25.3 Å². The van der Waals surface area contributed by atoms with Crippen LogP contribution in [0.2, 0.25) is 0 Å². The molecule has 0 aliphatic heterocycles. The molecule has 0 aliphatic carbocycles. The van der Waals surface area contributed by atoms with E-state index in [1.165, 1.54) is 16.7 Å². The third-order valence-electron chi connectivity index (χ3n) is 5.15. The first kappa shape index (κ1) is 24.0. The summed E-state index contributed by atoms with van der Waals surface area (Å²) < 4.78 is 0. The Kier molecular flexibility index (Phi) is 9.95. The number of hydrogen-bond acceptors (Lipinski definition) is 3. The van der Waals surface area contributed by atoms with Crippen LogP contribution in [0.5, 0.6) is 0 Å². The number of rotatable bonds is 11. The Morgan fingerprint density at radius 1 is 1.03 bits per heavy atom. The molecule has 0 heterocycles. The number of carbonyl (C=O) groups is 2. The summed E-state index contributed by atoms with van der Waals surface area (Å²) >= 11 is 1.60. The smallest absolute Gasteiger partial charge is 0.242 e. The van der Waals surface area contributed by atoms with Crippen molar-refractivity contribution in [1.82, 2.24) is 10.2 Å². The molecule has 0 saturated carbocycles. The summed E-state index contributed by atoms with van der Waals surface area (Å²) in [5, 5.41) is 2.96. The quantitative estimate of drug-likeness (QED) is 0.558. The summed E-state index contributed by atoms with van der Waals surface area (Å²) in [6.07, 6.45) is 1.47. The highest BCUT2D eigenvalue weighted by molar-refractivity contribution is 7.99. The van der Waals surface area contributed by atoms with Gasteiger partial charge in [-0.1, -0.05) is 67.9 Å². The number of aryl methyl sites for hydroxylation is 2. The van der Waals surface area contributed by atoms with Gasteiger partial charge in [0, 0.05) is 18.8 Å². The zero-order chi connectivity index (χ0) is 21.9. The molecule has 0 bridgehead atoms. The van der Waals surface area contributed by atoms with Gasteiger partial charge in [0.2, 0.25) is 11.8 Å². The molecule has 0 aromatic heterocycles. The molecule has 0 unspecified atom stereocenters. The minimum Gasteiger partial charge on any atom is -0.354 e. The highest BCUT2D eigenvalue weighted by Gasteiger charge is 2.28. The van der Waals surface area contributed by atoms with Gasteiger partial charge in [0.25, 0.3) is 0 Å². The van der Waals surface area contributed by atoms with Crippen molar-refractivity contribution in [2.45, 2.75) is 58.9 Å². The molecule has 0 saturated heterocycles. The van der Waals surface area contributed by atoms with E-state index in [1.807, 2.05) is 57.2 Å². The van der Waals surface area contributed by atoms with E-state index in [1.54, 1.807) is 16.7 Å². The normalized spacial score (nSPS) is 11.7. The first-order valence-corrected chi connectivity index (χ1v) is 11.9. The Morgan fingerprint density at radius 2 is 1.73 bits per heavy atom. The molecule has 30 heavy (non-hydrogen) atoms. The van der Waals surface area contributed by atoms with Crippen molar-refractivity contribution in [3.8, 4) is 0 Å². The average Bonchev–Trinajstić information content (AvgIpc) is 2.74. The lowest BCUT2D eigenvalue weighted by Crippen LogP contribution is -2.49. The van der Waals surface area contributed by atoms with Gasteiger partial charge in [0.05, 0.1) is 5.75 Å². The van der Waals surface area contributed by atoms with Gasteiger partial charge in [-0.3, -0.25) is 9.59 Å². The van der Waals surface area contributed by atoms with Crippen LogP contribution in [0.3, 0.4) is 0 Å². The van der Waals surface area contributed by atoms with E-state index in [9.17, 15) is 9.59 Å². The number of thioether (sulfide) groups is 1. The Bertz CT molecular complexity index is 820. The Labute approximate surface area is 185 Å². The van der Waals surface area contributed by atoms with Gasteiger partial charge < -0.3 is 10.2 Å². The molecule has 162 valence electrons. The molecule has 5 heteroatoms. The van der Waals surface area contributed by atoms with Crippen LogP contribution in [0.25, 0.3) is 0 Å². The van der Waals surface area contributed by atoms with Gasteiger partial charge in [-0.15, -0.1) is 11.8 Å². The van der Waals surface area contributed by atoms with Crippen LogP contribution in [-0.4, -0.2) is 35.1 Å². The molecular weight excluding hydrogens is 392 g/mol. The van der Waals surface area contributed by atoms with Gasteiger partial charge in [-0.05, 0) is 43.4 Å². The topological polar surface area (TPSA) is 49.4 Å². The minimum atomic E-state index is -0.454. The summed E-state index contributed by atoms with van der Waals surface area (Å²) in [6.45, 7) is 9.20. The molecule has 0 radical (unpaired) electrons. The van der Waals surface area contributed by atoms with Gasteiger partial charge in [-0.2, -0.15) is 0 Å². The van der Waals surface area contributed by atoms with E-state index in [0.717, 1.165) is 17.7 Å². The van der Waals surface area contributed by atoms with Crippen molar-refractivity contribution < 1.29 is 9.59 Å². The maximum atomic E-state index is 13.2. The van der Waals surface area contributed by atoms with Crippen molar-refractivity contribution in [3.05, 3.63) is 70.8 Å². The lowest BCUT2D eigenvalue weighted by Gasteiger charge is -2.30. The van der Waals surface area contributed by atoms with Crippen LogP contribution < -0.4 is 5.32 Å². The third kappa shape index (κ3) is 7.21. The summed E-state index contributed by atoms with van der Waals surface area (Å²) in [5.74, 6) is 1.09. The number of nitrogens with zero attached hydrogens (tertiary/aromatic N) is 1. The first-order chi connectivity index (χ1) is 14.5. The fraction of sp³-hybridized carbons (Fsp3) is 0.440. The summed E-state index contributed by atoms with van der Waals surface area (Å²) in [6, 6.07) is 15.9. The Balaban J connectivity index is 2.11. The number of nitrogens with one attached hydrogen (secondary N) is 1. The molecule has 1 atom stereocenters. The zero-order valence-corrected chi connectivity index (χ0v) is 19.4. The second kappa shape index (κ2) is 12.4. The number of hydrogen-bond donors (Lipinski definition) is 1. The van der Waals surface area contributed by atoms with Crippen LogP contribution in [0.4, 0.5) is 0 Å². The molecule has 0 fully saturated rings. The van der Waals surface area contributed by atoms with Crippen molar-refractivity contribution in [2.24, 2.45) is 0 Å². The number of benzene rings is 2. The third-order valence-corrected chi connectivity index (χ3v) is 6.12. The first-order valence-electron chi connectivity index (χ1n) is 10.7. The number of amides is 2. The van der Waals surface area contributed by atoms with Gasteiger partial charge in [0.15, 0.2) is 0 Å². The SMILES string of the molecule is CCCNC(=O)[C@@H](CC)N(Cc1ccc(C)cc1)C(=O)CSCc1ccccc1C. The largest absolute Gasteiger partial charge is 0.354 e. The second-order valence-corrected chi connectivity index (χ2v) is 8.63. The fourth-order valence-corrected chi connectivity index (χ4v) is 4.27. The van der Waals surface area contributed by atoms with E-state index >= 15 is 0 Å². The lowest BCUT2D eigenvalue weighted by atomic mass is 10.1. The van der Waals surface area contributed by atoms with Crippen molar-refractivity contribution in [2.75, 3.05) is 12.3 Å². The Morgan fingerprint density at radius 3 is 2.37 bits per heavy atom. The molecule has 2 aromatic carbocycles. The van der Waals surface area contributed by atoms with Crippen molar-refractivity contribution in [1.29, 1.82) is 0 Å². The number of carbonyl (C=O) groups excluding carboxylic acids is 2. The van der Waals surface area contributed by atoms with E-state index in [-0.39, 0.29) is 11.8 Å². The van der Waals surface area contributed by atoms with Crippen LogP contribution in [-0.2, 0) is 21.9 Å². The van der Waals surface area contributed by atoms with Crippen molar-refractivity contribution in [3.63, 3.8) is 0 Å². The second-order valence-electron chi connectivity index (χ2n) is 7.64. The van der Waals surface area contributed by atoms with Gasteiger partial charge >= 0.3 is 0 Å². The van der Waals surface area contributed by atoms with Crippen molar-refractivity contribution >= 4 is 23.6 Å². The maximum Gasteiger partial charge on any atom is 0.242 e. The Hall–Kier alpha value is -2.27. The molecule has 2 aromatic rings. The van der Waals surface area contributed by atoms with Crippen LogP contribution >= 0.6 is 11.8 Å². The predicted octanol–water partition coefficient (Wildman–Crippen LogP) is 4.87. The van der Waals surface area contributed by atoms with Gasteiger partial charge in [-0.25, -0.2) is 0 Å². The summed E-state index contributed by atoms with van der Waals surface area (Å²) in [4.78, 5) is 27.7. The highest BCUT2D eigenvalue weighted by atomic mass is 32.2.